The van der Waals surface area contributed by atoms with Gasteiger partial charge < -0.3 is 9.72 Å². The number of carbonyl (C=O) groups excluding carboxylic acids is 1. The fraction of sp³-hybridized carbons (Fsp3) is 0.167. The van der Waals surface area contributed by atoms with Crippen LogP contribution in [0, 0.1) is 11.6 Å². The third kappa shape index (κ3) is 3.41. The zero-order valence-electron chi connectivity index (χ0n) is 12.6. The lowest BCUT2D eigenvalue weighted by atomic mass is 10.1. The smallest absolute Gasteiger partial charge is 0.342 e. The minimum atomic E-state index is -0.789. The molecule has 0 aliphatic rings. The lowest BCUT2D eigenvalue weighted by molar-refractivity contribution is 0.0495. The van der Waals surface area contributed by atoms with Crippen LogP contribution in [0.5, 0.6) is 0 Å². The Kier molecular flexibility index (Phi) is 4.81. The first-order valence-electron chi connectivity index (χ1n) is 7.43. The monoisotopic (exact) mass is 349 g/mol. The van der Waals surface area contributed by atoms with E-state index in [1.165, 1.54) is 24.3 Å². The van der Waals surface area contributed by atoms with Crippen LogP contribution < -0.4 is 0 Å². The zero-order valence-corrected chi connectivity index (χ0v) is 13.4. The first-order valence-corrected chi connectivity index (χ1v) is 7.80. The molecule has 0 radical (unpaired) electrons. The van der Waals surface area contributed by atoms with Gasteiger partial charge in [0.05, 0.1) is 11.6 Å². The quantitative estimate of drug-likeness (QED) is 0.526. The summed E-state index contributed by atoms with van der Waals surface area (Å²) in [6.45, 7) is 0.117. The van der Waals surface area contributed by atoms with Crippen LogP contribution in [0.2, 0.25) is 5.02 Å². The van der Waals surface area contributed by atoms with Crippen molar-refractivity contribution in [3.63, 3.8) is 0 Å². The third-order valence-corrected chi connectivity index (χ3v) is 4.03. The minimum Gasteiger partial charge on any atom is -0.462 e. The van der Waals surface area contributed by atoms with Crippen molar-refractivity contribution in [2.75, 3.05) is 6.61 Å². The number of benzene rings is 2. The van der Waals surface area contributed by atoms with Crippen molar-refractivity contribution in [3.05, 3.63) is 70.4 Å². The maximum absolute atomic E-state index is 13.6. The van der Waals surface area contributed by atoms with E-state index in [4.69, 9.17) is 16.3 Å². The highest BCUT2D eigenvalue weighted by molar-refractivity contribution is 6.33. The van der Waals surface area contributed by atoms with E-state index in [9.17, 15) is 13.6 Å². The second kappa shape index (κ2) is 7.01. The Balaban J connectivity index is 1.59. The molecule has 0 bridgehead atoms. The number of halogens is 3. The molecule has 1 heterocycles. The Morgan fingerprint density at radius 2 is 2.04 bits per heavy atom. The summed E-state index contributed by atoms with van der Waals surface area (Å²) >= 11 is 5.82. The average molecular weight is 350 g/mol. The molecule has 0 spiro atoms. The molecule has 0 aliphatic carbocycles. The van der Waals surface area contributed by atoms with Crippen LogP contribution in [0.1, 0.15) is 22.3 Å². The number of H-pyrrole nitrogens is 1. The molecule has 3 aromatic rings. The van der Waals surface area contributed by atoms with E-state index in [0.29, 0.717) is 12.8 Å². The van der Waals surface area contributed by atoms with Crippen molar-refractivity contribution in [1.29, 1.82) is 0 Å². The van der Waals surface area contributed by atoms with Crippen LogP contribution in [-0.4, -0.2) is 17.6 Å². The normalized spacial score (nSPS) is 11.0. The highest BCUT2D eigenvalue weighted by atomic mass is 35.5. The fourth-order valence-corrected chi connectivity index (χ4v) is 2.79. The van der Waals surface area contributed by atoms with Gasteiger partial charge in [-0.05, 0) is 48.7 Å². The van der Waals surface area contributed by atoms with Crippen LogP contribution in [-0.2, 0) is 11.2 Å². The van der Waals surface area contributed by atoms with Gasteiger partial charge in [0, 0.05) is 17.1 Å². The van der Waals surface area contributed by atoms with Gasteiger partial charge in [-0.25, -0.2) is 13.6 Å². The fourth-order valence-electron chi connectivity index (χ4n) is 2.55. The number of aromatic amines is 1. The predicted molar refractivity (Wildman–Crippen MR) is 88.3 cm³/mol. The topological polar surface area (TPSA) is 42.1 Å². The molecule has 0 fully saturated rings. The van der Waals surface area contributed by atoms with Crippen molar-refractivity contribution in [2.24, 2.45) is 0 Å². The van der Waals surface area contributed by atoms with Gasteiger partial charge in [-0.2, -0.15) is 0 Å². The van der Waals surface area contributed by atoms with Gasteiger partial charge in [0.1, 0.15) is 17.2 Å². The molecule has 3 nitrogen and oxygen atoms in total. The van der Waals surface area contributed by atoms with E-state index in [1.807, 2.05) is 0 Å². The molecule has 1 aromatic heterocycles. The first-order chi connectivity index (χ1) is 11.6. The van der Waals surface area contributed by atoms with Crippen LogP contribution in [0.25, 0.3) is 10.9 Å². The van der Waals surface area contributed by atoms with E-state index in [2.05, 4.69) is 4.98 Å². The molecular weight excluding hydrogens is 336 g/mol. The summed E-state index contributed by atoms with van der Waals surface area (Å²) < 4.78 is 32.0. The van der Waals surface area contributed by atoms with E-state index in [0.717, 1.165) is 22.5 Å². The molecule has 124 valence electrons. The van der Waals surface area contributed by atoms with Gasteiger partial charge in [0.2, 0.25) is 0 Å². The summed E-state index contributed by atoms with van der Waals surface area (Å²) in [4.78, 5) is 15.0. The van der Waals surface area contributed by atoms with E-state index >= 15 is 0 Å². The number of esters is 1. The van der Waals surface area contributed by atoms with E-state index in [-0.39, 0.29) is 23.0 Å². The molecule has 2 aromatic carbocycles. The Hall–Kier alpha value is -2.40. The van der Waals surface area contributed by atoms with Crippen molar-refractivity contribution < 1.29 is 18.3 Å². The number of ether oxygens (including phenoxy) is 1. The summed E-state index contributed by atoms with van der Waals surface area (Å²) in [7, 11) is 0. The lowest BCUT2D eigenvalue weighted by Crippen LogP contribution is -2.10. The lowest BCUT2D eigenvalue weighted by Gasteiger charge is -2.07. The second-order valence-corrected chi connectivity index (χ2v) is 5.75. The third-order valence-electron chi connectivity index (χ3n) is 3.72. The Bertz CT molecular complexity index is 872. The summed E-state index contributed by atoms with van der Waals surface area (Å²) in [5.74, 6) is -1.80. The molecule has 0 saturated carbocycles. The molecule has 3 rings (SSSR count). The summed E-state index contributed by atoms with van der Waals surface area (Å²) in [6.07, 6.45) is 2.93. The van der Waals surface area contributed by atoms with Crippen LogP contribution in [0.3, 0.4) is 0 Å². The van der Waals surface area contributed by atoms with Gasteiger partial charge in [-0.1, -0.05) is 17.7 Å². The summed E-state index contributed by atoms with van der Waals surface area (Å²) in [5.41, 5.74) is 1.53. The van der Waals surface area contributed by atoms with Gasteiger partial charge in [0.15, 0.2) is 0 Å². The number of fused-ring (bicyclic) bond motifs is 1. The number of aryl methyl sites for hydroxylation is 1. The van der Waals surface area contributed by atoms with Gasteiger partial charge in [0.25, 0.3) is 0 Å². The number of hydrogen-bond donors (Lipinski definition) is 1. The molecule has 0 amide bonds. The molecule has 24 heavy (non-hydrogen) atoms. The van der Waals surface area contributed by atoms with Crippen molar-refractivity contribution in [3.8, 4) is 0 Å². The number of nitrogens with one attached hydrogen (secondary N) is 1. The number of aromatic nitrogens is 1. The molecule has 0 unspecified atom stereocenters. The van der Waals surface area contributed by atoms with Crippen molar-refractivity contribution >= 4 is 28.5 Å². The molecular formula is C18H14ClF2NO2. The van der Waals surface area contributed by atoms with E-state index in [1.54, 1.807) is 12.3 Å². The first kappa shape index (κ1) is 16.5. The van der Waals surface area contributed by atoms with E-state index < -0.39 is 11.8 Å². The van der Waals surface area contributed by atoms with Crippen LogP contribution >= 0.6 is 11.6 Å². The summed E-state index contributed by atoms with van der Waals surface area (Å²) in [6, 6.07) is 8.54. The number of rotatable bonds is 5. The SMILES string of the molecule is O=C(OCCCc1c[nH]c2ccc(F)cc12)c1c(F)cccc1Cl. The second-order valence-electron chi connectivity index (χ2n) is 5.34. The maximum atomic E-state index is 13.6. The Morgan fingerprint density at radius 1 is 1.21 bits per heavy atom. The minimum absolute atomic E-state index is 0.0205. The van der Waals surface area contributed by atoms with Gasteiger partial charge in [-0.15, -0.1) is 0 Å². The zero-order chi connectivity index (χ0) is 17.1. The van der Waals surface area contributed by atoms with Gasteiger partial charge in [-0.3, -0.25) is 0 Å². The molecule has 0 aliphatic heterocycles. The Morgan fingerprint density at radius 3 is 2.83 bits per heavy atom. The van der Waals surface area contributed by atoms with Crippen LogP contribution in [0.15, 0.2) is 42.6 Å². The Labute approximate surface area is 142 Å². The highest BCUT2D eigenvalue weighted by Gasteiger charge is 2.17. The number of carbonyl (C=O) groups is 1. The highest BCUT2D eigenvalue weighted by Crippen LogP contribution is 2.22. The predicted octanol–water partition coefficient (Wildman–Crippen LogP) is 4.89. The average Bonchev–Trinajstić information content (AvgIpc) is 2.93. The summed E-state index contributed by atoms with van der Waals surface area (Å²) in [5, 5.41) is 0.825. The standard InChI is InChI=1S/C18H14ClF2NO2/c19-14-4-1-5-15(21)17(14)18(23)24-8-2-3-11-10-22-16-7-6-12(20)9-13(11)16/h1,4-7,9-10,22H,2-3,8H2. The molecule has 1 N–H and O–H groups in total. The van der Waals surface area contributed by atoms with Gasteiger partial charge >= 0.3 is 5.97 Å². The molecule has 0 saturated heterocycles. The van der Waals surface area contributed by atoms with Crippen LogP contribution in [0.4, 0.5) is 8.78 Å². The number of hydrogen-bond acceptors (Lipinski definition) is 2. The molecule has 6 heteroatoms. The van der Waals surface area contributed by atoms with Crippen molar-refractivity contribution in [1.82, 2.24) is 4.98 Å². The van der Waals surface area contributed by atoms with Crippen molar-refractivity contribution in [2.45, 2.75) is 12.8 Å². The largest absolute Gasteiger partial charge is 0.462 e. The maximum Gasteiger partial charge on any atom is 0.342 e. The molecule has 0 atom stereocenters.